The molecule has 0 bridgehead atoms. The summed E-state index contributed by atoms with van der Waals surface area (Å²) < 4.78 is 0. The molecule has 0 radical (unpaired) electrons. The predicted octanol–water partition coefficient (Wildman–Crippen LogP) is 2.55. The first-order chi connectivity index (χ1) is 11.3. The van der Waals surface area contributed by atoms with E-state index in [0.717, 1.165) is 42.0 Å². The van der Waals surface area contributed by atoms with Gasteiger partial charge in [0.2, 0.25) is 0 Å². The van der Waals surface area contributed by atoms with Gasteiger partial charge < -0.3 is 10.6 Å². The third-order valence-electron chi connectivity index (χ3n) is 3.64. The van der Waals surface area contributed by atoms with Gasteiger partial charge in [0.25, 0.3) is 5.91 Å². The molecule has 3 rings (SSSR count). The van der Waals surface area contributed by atoms with E-state index in [1.54, 1.807) is 12.4 Å². The van der Waals surface area contributed by atoms with Crippen molar-refractivity contribution in [2.24, 2.45) is 4.99 Å². The molecular weight excluding hydrogens is 290 g/mol. The molecule has 0 atom stereocenters. The number of amides is 1. The number of benzene rings is 1. The Labute approximate surface area is 135 Å². The molecule has 2 heterocycles. The Bertz CT molecular complexity index is 727. The molecule has 1 aliphatic rings. The number of hydrogen-bond acceptors (Lipinski definition) is 5. The van der Waals surface area contributed by atoms with Gasteiger partial charge in [0, 0.05) is 30.6 Å². The molecule has 23 heavy (non-hydrogen) atoms. The number of carbonyl (C=O) groups is 1. The van der Waals surface area contributed by atoms with Gasteiger partial charge in [-0.1, -0.05) is 6.92 Å². The number of aliphatic imine (C=N–C) groups is 1. The minimum absolute atomic E-state index is 0.0526. The quantitative estimate of drug-likeness (QED) is 0.909. The molecule has 0 spiro atoms. The number of anilines is 1. The van der Waals surface area contributed by atoms with Gasteiger partial charge in [0.1, 0.15) is 0 Å². The van der Waals surface area contributed by atoms with Gasteiger partial charge >= 0.3 is 0 Å². The number of aromatic nitrogens is 2. The van der Waals surface area contributed by atoms with Crippen LogP contribution in [0.1, 0.15) is 35.7 Å². The van der Waals surface area contributed by atoms with Crippen LogP contribution in [0.15, 0.2) is 41.7 Å². The van der Waals surface area contributed by atoms with E-state index in [4.69, 9.17) is 4.99 Å². The molecule has 2 aromatic rings. The van der Waals surface area contributed by atoms with Crippen LogP contribution in [0.3, 0.4) is 0 Å². The third kappa shape index (κ3) is 3.53. The van der Waals surface area contributed by atoms with E-state index in [1.807, 2.05) is 31.2 Å². The zero-order chi connectivity index (χ0) is 16.1. The Kier molecular flexibility index (Phi) is 4.61. The maximum atomic E-state index is 12.1. The fraction of sp³-hybridized carbons (Fsp3) is 0.294. The second kappa shape index (κ2) is 7.00. The van der Waals surface area contributed by atoms with Gasteiger partial charge in [-0.05, 0) is 30.7 Å². The van der Waals surface area contributed by atoms with Crippen LogP contribution in [0.4, 0.5) is 11.4 Å². The van der Waals surface area contributed by atoms with Crippen LogP contribution >= 0.6 is 0 Å². The minimum atomic E-state index is -0.0526. The number of rotatable bonds is 4. The standard InChI is InChI=1S/C17H19N5O/c1-2-7-19-17(23)12-3-4-15-16(10-12)18-8-6-14(22-15)13-5-9-20-21-11-13/h3-5,9-11,18H,2,6-8H2,1H3,(H,19,23). The Balaban J connectivity index is 1.88. The first-order valence-corrected chi connectivity index (χ1v) is 7.78. The average molecular weight is 309 g/mol. The maximum Gasteiger partial charge on any atom is 0.251 e. The number of fused-ring (bicyclic) bond motifs is 1. The SMILES string of the molecule is CCCNC(=O)c1ccc2c(c1)NCCC(c1ccnnc1)=N2. The van der Waals surface area contributed by atoms with Crippen LogP contribution in [-0.2, 0) is 0 Å². The van der Waals surface area contributed by atoms with Crippen molar-refractivity contribution in [1.82, 2.24) is 15.5 Å². The Morgan fingerprint density at radius 1 is 1.30 bits per heavy atom. The van der Waals surface area contributed by atoms with Gasteiger partial charge in [0.05, 0.1) is 29.5 Å². The van der Waals surface area contributed by atoms with Crippen LogP contribution < -0.4 is 10.6 Å². The number of carbonyl (C=O) groups excluding carboxylic acids is 1. The molecule has 2 N–H and O–H groups in total. The Morgan fingerprint density at radius 3 is 3.00 bits per heavy atom. The minimum Gasteiger partial charge on any atom is -0.383 e. The average Bonchev–Trinajstić information content (AvgIpc) is 2.82. The number of nitrogens with zero attached hydrogens (tertiary/aromatic N) is 3. The molecule has 0 aliphatic carbocycles. The lowest BCUT2D eigenvalue weighted by Crippen LogP contribution is -2.23. The molecule has 6 nitrogen and oxygen atoms in total. The topological polar surface area (TPSA) is 79.3 Å². The first kappa shape index (κ1) is 15.1. The fourth-order valence-electron chi connectivity index (χ4n) is 2.44. The molecule has 0 fully saturated rings. The summed E-state index contributed by atoms with van der Waals surface area (Å²) in [6.45, 7) is 3.47. The van der Waals surface area contributed by atoms with Crippen LogP contribution in [-0.4, -0.2) is 34.9 Å². The lowest BCUT2D eigenvalue weighted by atomic mass is 10.1. The molecule has 1 aromatic heterocycles. The molecule has 1 aromatic carbocycles. The normalized spacial score (nSPS) is 13.3. The lowest BCUT2D eigenvalue weighted by Gasteiger charge is -2.08. The molecule has 6 heteroatoms. The van der Waals surface area contributed by atoms with Crippen molar-refractivity contribution in [2.75, 3.05) is 18.4 Å². The molecular formula is C17H19N5O. The van der Waals surface area contributed by atoms with Crippen LogP contribution in [0.5, 0.6) is 0 Å². The smallest absolute Gasteiger partial charge is 0.251 e. The number of hydrogen-bond donors (Lipinski definition) is 2. The largest absolute Gasteiger partial charge is 0.383 e. The van der Waals surface area contributed by atoms with Crippen LogP contribution in [0, 0.1) is 0 Å². The van der Waals surface area contributed by atoms with Gasteiger partial charge in [-0.3, -0.25) is 9.79 Å². The van der Waals surface area contributed by atoms with Crippen molar-refractivity contribution >= 4 is 23.0 Å². The summed E-state index contributed by atoms with van der Waals surface area (Å²) in [7, 11) is 0. The second-order valence-electron chi connectivity index (χ2n) is 5.35. The highest BCUT2D eigenvalue weighted by molar-refractivity contribution is 6.04. The summed E-state index contributed by atoms with van der Waals surface area (Å²) in [5.74, 6) is -0.0526. The predicted molar refractivity (Wildman–Crippen MR) is 90.4 cm³/mol. The summed E-state index contributed by atoms with van der Waals surface area (Å²) in [6.07, 6.45) is 5.09. The Hall–Kier alpha value is -2.76. The van der Waals surface area contributed by atoms with Crippen molar-refractivity contribution in [3.05, 3.63) is 47.8 Å². The summed E-state index contributed by atoms with van der Waals surface area (Å²) in [5.41, 5.74) is 4.30. The van der Waals surface area contributed by atoms with E-state index < -0.39 is 0 Å². The van der Waals surface area contributed by atoms with E-state index >= 15 is 0 Å². The molecule has 0 unspecified atom stereocenters. The van der Waals surface area contributed by atoms with Gasteiger partial charge in [-0.15, -0.1) is 0 Å². The summed E-state index contributed by atoms with van der Waals surface area (Å²) in [6, 6.07) is 7.45. The van der Waals surface area contributed by atoms with Crippen LogP contribution in [0.2, 0.25) is 0 Å². The van der Waals surface area contributed by atoms with Crippen molar-refractivity contribution in [3.8, 4) is 0 Å². The molecule has 1 aliphatic heterocycles. The van der Waals surface area contributed by atoms with Crippen molar-refractivity contribution in [3.63, 3.8) is 0 Å². The molecule has 0 saturated carbocycles. The Morgan fingerprint density at radius 2 is 2.22 bits per heavy atom. The van der Waals surface area contributed by atoms with E-state index in [-0.39, 0.29) is 5.91 Å². The van der Waals surface area contributed by atoms with Crippen molar-refractivity contribution < 1.29 is 4.79 Å². The van der Waals surface area contributed by atoms with E-state index in [1.165, 1.54) is 0 Å². The zero-order valence-electron chi connectivity index (χ0n) is 13.0. The highest BCUT2D eigenvalue weighted by Crippen LogP contribution is 2.29. The second-order valence-corrected chi connectivity index (χ2v) is 5.35. The molecule has 1 amide bonds. The number of nitrogens with one attached hydrogen (secondary N) is 2. The summed E-state index contributed by atoms with van der Waals surface area (Å²) in [5, 5.41) is 13.9. The summed E-state index contributed by atoms with van der Waals surface area (Å²) in [4.78, 5) is 16.8. The van der Waals surface area contributed by atoms with Gasteiger partial charge in [-0.25, -0.2) is 0 Å². The van der Waals surface area contributed by atoms with E-state index in [0.29, 0.717) is 12.1 Å². The molecule has 118 valence electrons. The van der Waals surface area contributed by atoms with Crippen molar-refractivity contribution in [1.29, 1.82) is 0 Å². The van der Waals surface area contributed by atoms with Gasteiger partial charge in [0.15, 0.2) is 0 Å². The fourth-order valence-corrected chi connectivity index (χ4v) is 2.44. The van der Waals surface area contributed by atoms with E-state index in [2.05, 4.69) is 20.8 Å². The van der Waals surface area contributed by atoms with E-state index in [9.17, 15) is 4.79 Å². The van der Waals surface area contributed by atoms with Crippen molar-refractivity contribution in [2.45, 2.75) is 19.8 Å². The summed E-state index contributed by atoms with van der Waals surface area (Å²) >= 11 is 0. The maximum absolute atomic E-state index is 12.1. The molecule has 0 saturated heterocycles. The first-order valence-electron chi connectivity index (χ1n) is 7.78. The highest BCUT2D eigenvalue weighted by Gasteiger charge is 2.14. The zero-order valence-corrected chi connectivity index (χ0v) is 13.0. The lowest BCUT2D eigenvalue weighted by molar-refractivity contribution is 0.0953. The van der Waals surface area contributed by atoms with Gasteiger partial charge in [-0.2, -0.15) is 10.2 Å². The van der Waals surface area contributed by atoms with Crippen LogP contribution in [0.25, 0.3) is 0 Å². The highest BCUT2D eigenvalue weighted by atomic mass is 16.1. The monoisotopic (exact) mass is 309 g/mol. The third-order valence-corrected chi connectivity index (χ3v) is 3.64.